The molecule has 0 bridgehead atoms. The fraction of sp³-hybridized carbons (Fsp3) is 0.450. The second-order valence-electron chi connectivity index (χ2n) is 7.36. The van der Waals surface area contributed by atoms with Gasteiger partial charge in [0.05, 0.1) is 0 Å². The van der Waals surface area contributed by atoms with E-state index in [1.54, 1.807) is 6.07 Å². The molecule has 3 rings (SSSR count). The summed E-state index contributed by atoms with van der Waals surface area (Å²) < 4.78 is 2.19. The summed E-state index contributed by atoms with van der Waals surface area (Å²) in [5.41, 5.74) is 8.06. The van der Waals surface area contributed by atoms with Gasteiger partial charge in [0.15, 0.2) is 0 Å². The normalized spacial score (nSPS) is 14.2. The van der Waals surface area contributed by atoms with E-state index in [-0.39, 0.29) is 12.4 Å². The van der Waals surface area contributed by atoms with E-state index in [0.29, 0.717) is 24.5 Å². The maximum atomic E-state index is 13.0. The number of anilines is 3. The van der Waals surface area contributed by atoms with Crippen molar-refractivity contribution < 1.29 is 4.79 Å². The van der Waals surface area contributed by atoms with Crippen molar-refractivity contribution in [2.45, 2.75) is 39.7 Å². The number of benzene rings is 1. The number of carbonyl (C=O) groups excluding carboxylic acids is 1. The van der Waals surface area contributed by atoms with Gasteiger partial charge in [-0.1, -0.05) is 6.07 Å². The number of amides is 1. The summed E-state index contributed by atoms with van der Waals surface area (Å²) in [5, 5.41) is 2.75. The van der Waals surface area contributed by atoms with Gasteiger partial charge in [-0.25, -0.2) is 9.36 Å². The van der Waals surface area contributed by atoms with Crippen LogP contribution in [0, 0.1) is 13.8 Å². The van der Waals surface area contributed by atoms with Gasteiger partial charge in [-0.15, -0.1) is 0 Å². The second-order valence-corrected chi connectivity index (χ2v) is 7.36. The third kappa shape index (κ3) is 3.81. The molecule has 8 nitrogen and oxygen atoms in total. The first kappa shape index (κ1) is 19.7. The van der Waals surface area contributed by atoms with Gasteiger partial charge in [0.2, 0.25) is 5.91 Å². The summed E-state index contributed by atoms with van der Waals surface area (Å²) in [6, 6.07) is 5.56. The molecule has 1 aromatic carbocycles. The molecular formula is C20H27N5O3. The number of nitrogen functional groups attached to an aromatic ring is 1. The summed E-state index contributed by atoms with van der Waals surface area (Å²) in [5.74, 6) is -0.292. The molecule has 0 radical (unpaired) electrons. The minimum absolute atomic E-state index is 0.141. The summed E-state index contributed by atoms with van der Waals surface area (Å²) in [4.78, 5) is 40.0. The minimum Gasteiger partial charge on any atom is -0.383 e. The van der Waals surface area contributed by atoms with Crippen LogP contribution in [0.3, 0.4) is 0 Å². The largest absolute Gasteiger partial charge is 0.383 e. The lowest BCUT2D eigenvalue weighted by atomic mass is 10.1. The van der Waals surface area contributed by atoms with Crippen LogP contribution < -0.4 is 27.2 Å². The first-order valence-corrected chi connectivity index (χ1v) is 9.51. The van der Waals surface area contributed by atoms with Crippen molar-refractivity contribution in [3.8, 4) is 0 Å². The number of piperidine rings is 1. The molecule has 1 saturated heterocycles. The minimum atomic E-state index is -0.599. The Labute approximate surface area is 163 Å². The van der Waals surface area contributed by atoms with Crippen LogP contribution in [0.15, 0.2) is 27.8 Å². The molecule has 3 N–H and O–H groups in total. The summed E-state index contributed by atoms with van der Waals surface area (Å²) in [6.45, 7) is 5.01. The highest BCUT2D eigenvalue weighted by Crippen LogP contribution is 2.21. The van der Waals surface area contributed by atoms with Gasteiger partial charge in [0, 0.05) is 25.8 Å². The molecule has 0 aliphatic carbocycles. The Morgan fingerprint density at radius 1 is 1.11 bits per heavy atom. The smallest absolute Gasteiger partial charge is 0.332 e. The van der Waals surface area contributed by atoms with Crippen molar-refractivity contribution in [2.75, 3.05) is 29.0 Å². The summed E-state index contributed by atoms with van der Waals surface area (Å²) >= 11 is 0. The number of hydrogen-bond donors (Lipinski definition) is 2. The molecule has 1 aromatic heterocycles. The van der Waals surface area contributed by atoms with Crippen molar-refractivity contribution in [1.29, 1.82) is 0 Å². The Balaban J connectivity index is 1.91. The molecule has 0 atom stereocenters. The van der Waals surface area contributed by atoms with Crippen LogP contribution in [-0.4, -0.2) is 28.1 Å². The number of aromatic nitrogens is 2. The number of aryl methyl sites for hydroxylation is 2. The zero-order valence-electron chi connectivity index (χ0n) is 16.6. The Kier molecular flexibility index (Phi) is 5.58. The Morgan fingerprint density at radius 2 is 1.79 bits per heavy atom. The van der Waals surface area contributed by atoms with Crippen LogP contribution in [0.2, 0.25) is 0 Å². The lowest BCUT2D eigenvalue weighted by Gasteiger charge is -2.29. The molecule has 2 heterocycles. The average molecular weight is 385 g/mol. The zero-order chi connectivity index (χ0) is 20.4. The number of nitrogens with one attached hydrogen (secondary N) is 1. The molecule has 1 fully saturated rings. The van der Waals surface area contributed by atoms with Gasteiger partial charge in [-0.2, -0.15) is 0 Å². The van der Waals surface area contributed by atoms with Crippen molar-refractivity contribution in [1.82, 2.24) is 9.13 Å². The van der Waals surface area contributed by atoms with E-state index >= 15 is 0 Å². The Morgan fingerprint density at radius 3 is 2.43 bits per heavy atom. The molecule has 150 valence electrons. The number of hydrogen-bond acceptors (Lipinski definition) is 5. The third-order valence-electron chi connectivity index (χ3n) is 5.33. The lowest BCUT2D eigenvalue weighted by Crippen LogP contribution is -2.46. The van der Waals surface area contributed by atoms with Gasteiger partial charge in [0.25, 0.3) is 5.56 Å². The standard InChI is InChI=1S/C20H27N5O3/c1-13-7-8-15(11-14(13)2)22-16(26)12-25-19(27)17(18(21)23(3)20(25)28)24-9-5-4-6-10-24/h7-8,11H,4-6,9-10,12,21H2,1-3H3,(H,22,26). The van der Waals surface area contributed by atoms with Gasteiger partial charge in [0.1, 0.15) is 18.1 Å². The summed E-state index contributed by atoms with van der Waals surface area (Å²) in [7, 11) is 1.52. The highest BCUT2D eigenvalue weighted by atomic mass is 16.2. The van der Waals surface area contributed by atoms with E-state index < -0.39 is 17.2 Å². The number of rotatable bonds is 4. The van der Waals surface area contributed by atoms with Crippen molar-refractivity contribution >= 4 is 23.1 Å². The molecular weight excluding hydrogens is 358 g/mol. The highest BCUT2D eigenvalue weighted by molar-refractivity contribution is 5.90. The van der Waals surface area contributed by atoms with E-state index in [9.17, 15) is 14.4 Å². The van der Waals surface area contributed by atoms with Gasteiger partial charge >= 0.3 is 5.69 Å². The molecule has 0 unspecified atom stereocenters. The molecule has 1 aliphatic rings. The third-order valence-corrected chi connectivity index (χ3v) is 5.33. The average Bonchev–Trinajstić information content (AvgIpc) is 2.67. The monoisotopic (exact) mass is 385 g/mol. The molecule has 8 heteroatoms. The molecule has 1 aliphatic heterocycles. The predicted octanol–water partition coefficient (Wildman–Crippen LogP) is 1.38. The van der Waals surface area contributed by atoms with Crippen LogP contribution in [-0.2, 0) is 18.4 Å². The molecule has 0 spiro atoms. The highest BCUT2D eigenvalue weighted by Gasteiger charge is 2.23. The maximum absolute atomic E-state index is 13.0. The second kappa shape index (κ2) is 7.92. The van der Waals surface area contributed by atoms with Crippen LogP contribution in [0.1, 0.15) is 30.4 Å². The summed E-state index contributed by atoms with van der Waals surface area (Å²) in [6.07, 6.45) is 3.04. The van der Waals surface area contributed by atoms with Crippen LogP contribution in [0.5, 0.6) is 0 Å². The molecule has 2 aromatic rings. The maximum Gasteiger partial charge on any atom is 0.332 e. The molecule has 28 heavy (non-hydrogen) atoms. The van der Waals surface area contributed by atoms with Crippen molar-refractivity contribution in [3.05, 3.63) is 50.2 Å². The SMILES string of the molecule is Cc1ccc(NC(=O)Cn2c(=O)c(N3CCCCC3)c(N)n(C)c2=O)cc1C. The van der Waals surface area contributed by atoms with Crippen molar-refractivity contribution in [2.24, 2.45) is 7.05 Å². The quantitative estimate of drug-likeness (QED) is 0.828. The molecule has 1 amide bonds. The first-order chi connectivity index (χ1) is 13.3. The number of nitrogens with two attached hydrogens (primary N) is 1. The number of nitrogens with zero attached hydrogens (tertiary/aromatic N) is 3. The van der Waals surface area contributed by atoms with E-state index in [0.717, 1.165) is 35.0 Å². The fourth-order valence-electron chi connectivity index (χ4n) is 3.48. The first-order valence-electron chi connectivity index (χ1n) is 9.51. The van der Waals surface area contributed by atoms with Crippen LogP contribution in [0.4, 0.5) is 17.2 Å². The fourth-order valence-corrected chi connectivity index (χ4v) is 3.48. The van der Waals surface area contributed by atoms with Crippen LogP contribution in [0.25, 0.3) is 0 Å². The Bertz CT molecular complexity index is 1020. The Hall–Kier alpha value is -3.03. The molecule has 0 saturated carbocycles. The lowest BCUT2D eigenvalue weighted by molar-refractivity contribution is -0.116. The van der Waals surface area contributed by atoms with Gasteiger partial charge in [-0.3, -0.25) is 14.2 Å². The van der Waals surface area contributed by atoms with E-state index in [1.807, 2.05) is 30.9 Å². The zero-order valence-corrected chi connectivity index (χ0v) is 16.6. The predicted molar refractivity (Wildman–Crippen MR) is 111 cm³/mol. The topological polar surface area (TPSA) is 102 Å². The number of carbonyl (C=O) groups is 1. The van der Waals surface area contributed by atoms with Crippen LogP contribution >= 0.6 is 0 Å². The van der Waals surface area contributed by atoms with Gasteiger partial charge in [-0.05, 0) is 56.4 Å². The van der Waals surface area contributed by atoms with Gasteiger partial charge < -0.3 is 16.0 Å². The van der Waals surface area contributed by atoms with E-state index in [1.165, 1.54) is 11.6 Å². The van der Waals surface area contributed by atoms with Crippen molar-refractivity contribution in [3.63, 3.8) is 0 Å². The van der Waals surface area contributed by atoms with E-state index in [4.69, 9.17) is 5.73 Å². The van der Waals surface area contributed by atoms with E-state index in [2.05, 4.69) is 5.32 Å².